The van der Waals surface area contributed by atoms with Gasteiger partial charge in [0, 0.05) is 35.9 Å². The van der Waals surface area contributed by atoms with Gasteiger partial charge in [0.05, 0.1) is 18.9 Å². The first-order chi connectivity index (χ1) is 12.6. The van der Waals surface area contributed by atoms with Crippen LogP contribution in [-0.4, -0.2) is 41.5 Å². The second kappa shape index (κ2) is 6.96. The van der Waals surface area contributed by atoms with Crippen LogP contribution in [0.3, 0.4) is 0 Å². The fourth-order valence-electron chi connectivity index (χ4n) is 3.41. The predicted molar refractivity (Wildman–Crippen MR) is 105 cm³/mol. The Morgan fingerprint density at radius 3 is 2.62 bits per heavy atom. The number of anilines is 3. The van der Waals surface area contributed by atoms with Gasteiger partial charge in [-0.25, -0.2) is 4.98 Å². The monoisotopic (exact) mass is 351 g/mol. The van der Waals surface area contributed by atoms with Crippen LogP contribution in [0.1, 0.15) is 31.2 Å². The number of benzene rings is 1. The van der Waals surface area contributed by atoms with Crippen molar-refractivity contribution in [2.45, 2.75) is 26.7 Å². The molecule has 6 nitrogen and oxygen atoms in total. The number of nitrogens with one attached hydrogen (secondary N) is 2. The maximum Gasteiger partial charge on any atom is 0.153 e. The van der Waals surface area contributed by atoms with Crippen LogP contribution < -0.4 is 10.2 Å². The normalized spacial score (nSPS) is 15.0. The van der Waals surface area contributed by atoms with Crippen LogP contribution in [0, 0.1) is 6.92 Å². The van der Waals surface area contributed by atoms with Crippen molar-refractivity contribution in [3.05, 3.63) is 41.7 Å². The quantitative estimate of drug-likeness (QED) is 0.744. The standard InChI is InChI=1S/C20H25N5O/c1-13(2)20-17-5-4-16(25-6-8-26-9-7-25)11-15(17)12-18(22-20)21-19-10-14(3)23-24-19/h4-5,10-13H,6-9H2,1-3H3,(H2,21,22,23,24). The number of rotatable bonds is 4. The number of morpholine rings is 1. The van der Waals surface area contributed by atoms with E-state index < -0.39 is 0 Å². The van der Waals surface area contributed by atoms with Crippen LogP contribution in [0.2, 0.25) is 0 Å². The van der Waals surface area contributed by atoms with Gasteiger partial charge in [-0.3, -0.25) is 5.10 Å². The molecule has 1 fully saturated rings. The number of hydrogen-bond acceptors (Lipinski definition) is 5. The Morgan fingerprint density at radius 2 is 1.92 bits per heavy atom. The minimum Gasteiger partial charge on any atom is -0.378 e. The fraction of sp³-hybridized carbons (Fsp3) is 0.400. The van der Waals surface area contributed by atoms with Crippen molar-refractivity contribution < 1.29 is 4.74 Å². The van der Waals surface area contributed by atoms with Crippen LogP contribution in [0.5, 0.6) is 0 Å². The maximum absolute atomic E-state index is 5.48. The molecule has 0 aliphatic carbocycles. The van der Waals surface area contributed by atoms with E-state index >= 15 is 0 Å². The number of ether oxygens (including phenoxy) is 1. The van der Waals surface area contributed by atoms with Crippen molar-refractivity contribution in [2.24, 2.45) is 0 Å². The van der Waals surface area contributed by atoms with Gasteiger partial charge in [0.25, 0.3) is 0 Å². The maximum atomic E-state index is 5.48. The van der Waals surface area contributed by atoms with Crippen LogP contribution in [0.4, 0.5) is 17.3 Å². The van der Waals surface area contributed by atoms with Gasteiger partial charge in [-0.15, -0.1) is 0 Å². The number of nitrogens with zero attached hydrogens (tertiary/aromatic N) is 3. The van der Waals surface area contributed by atoms with Crippen molar-refractivity contribution in [1.29, 1.82) is 0 Å². The Bertz CT molecular complexity index is 912. The summed E-state index contributed by atoms with van der Waals surface area (Å²) >= 11 is 0. The van der Waals surface area contributed by atoms with Gasteiger partial charge in [0.15, 0.2) is 5.82 Å². The van der Waals surface area contributed by atoms with E-state index in [4.69, 9.17) is 9.72 Å². The molecule has 0 amide bonds. The van der Waals surface area contributed by atoms with Crippen LogP contribution in [0.25, 0.3) is 10.8 Å². The third-order valence-corrected chi connectivity index (χ3v) is 4.73. The molecule has 0 spiro atoms. The van der Waals surface area contributed by atoms with Gasteiger partial charge in [-0.1, -0.05) is 19.9 Å². The first-order valence-corrected chi connectivity index (χ1v) is 9.16. The molecule has 1 aliphatic rings. The van der Waals surface area contributed by atoms with Crippen molar-refractivity contribution in [3.8, 4) is 0 Å². The molecular weight excluding hydrogens is 326 g/mol. The molecule has 1 aliphatic heterocycles. The summed E-state index contributed by atoms with van der Waals surface area (Å²) in [6, 6.07) is 10.7. The molecule has 3 aromatic rings. The highest BCUT2D eigenvalue weighted by Crippen LogP contribution is 2.31. The summed E-state index contributed by atoms with van der Waals surface area (Å²) in [5.74, 6) is 1.95. The summed E-state index contributed by atoms with van der Waals surface area (Å²) in [6.07, 6.45) is 0. The highest BCUT2D eigenvalue weighted by Gasteiger charge is 2.15. The summed E-state index contributed by atoms with van der Waals surface area (Å²) in [6.45, 7) is 9.80. The molecule has 0 atom stereocenters. The lowest BCUT2D eigenvalue weighted by molar-refractivity contribution is 0.122. The fourth-order valence-corrected chi connectivity index (χ4v) is 3.41. The molecule has 0 saturated carbocycles. The van der Waals surface area contributed by atoms with Gasteiger partial charge in [0.2, 0.25) is 0 Å². The number of aromatic nitrogens is 3. The first kappa shape index (κ1) is 16.8. The lowest BCUT2D eigenvalue weighted by atomic mass is 10.0. The van der Waals surface area contributed by atoms with Gasteiger partial charge in [-0.05, 0) is 36.4 Å². The first-order valence-electron chi connectivity index (χ1n) is 9.16. The van der Waals surface area contributed by atoms with E-state index in [0.717, 1.165) is 49.3 Å². The minimum atomic E-state index is 0.342. The molecular formula is C20H25N5O. The number of H-pyrrole nitrogens is 1. The molecule has 26 heavy (non-hydrogen) atoms. The smallest absolute Gasteiger partial charge is 0.153 e. The average Bonchev–Trinajstić information content (AvgIpc) is 3.06. The number of pyridine rings is 1. The van der Waals surface area contributed by atoms with Gasteiger partial charge in [-0.2, -0.15) is 5.10 Å². The predicted octanol–water partition coefficient (Wildman–Crippen LogP) is 3.97. The van der Waals surface area contributed by atoms with Crippen LogP contribution in [0.15, 0.2) is 30.3 Å². The summed E-state index contributed by atoms with van der Waals surface area (Å²) < 4.78 is 5.48. The SMILES string of the molecule is Cc1cc(Nc2cc3cc(N4CCOCC4)ccc3c(C(C)C)n2)n[nH]1. The molecule has 6 heteroatoms. The summed E-state index contributed by atoms with van der Waals surface area (Å²) in [5.41, 5.74) is 3.36. The van der Waals surface area contributed by atoms with Crippen LogP contribution >= 0.6 is 0 Å². The van der Waals surface area contributed by atoms with E-state index in [1.807, 2.05) is 13.0 Å². The number of hydrogen-bond donors (Lipinski definition) is 2. The second-order valence-electron chi connectivity index (χ2n) is 7.11. The Kier molecular flexibility index (Phi) is 4.51. The molecule has 1 saturated heterocycles. The minimum absolute atomic E-state index is 0.342. The molecule has 0 radical (unpaired) electrons. The molecule has 0 bridgehead atoms. The second-order valence-corrected chi connectivity index (χ2v) is 7.11. The van der Waals surface area contributed by atoms with Crippen molar-refractivity contribution >= 4 is 28.1 Å². The molecule has 2 aromatic heterocycles. The topological polar surface area (TPSA) is 66.1 Å². The van der Waals surface area contributed by atoms with Crippen molar-refractivity contribution in [3.63, 3.8) is 0 Å². The summed E-state index contributed by atoms with van der Waals surface area (Å²) in [7, 11) is 0. The number of aryl methyl sites for hydroxylation is 1. The van der Waals surface area contributed by atoms with E-state index in [9.17, 15) is 0 Å². The molecule has 136 valence electrons. The van der Waals surface area contributed by atoms with Crippen molar-refractivity contribution in [2.75, 3.05) is 36.5 Å². The van der Waals surface area contributed by atoms with E-state index in [1.165, 1.54) is 16.5 Å². The third kappa shape index (κ3) is 3.37. The van der Waals surface area contributed by atoms with E-state index in [1.54, 1.807) is 0 Å². The summed E-state index contributed by atoms with van der Waals surface area (Å²) in [5, 5.41) is 12.9. The Hall–Kier alpha value is -2.60. The molecule has 1 aromatic carbocycles. The lowest BCUT2D eigenvalue weighted by Crippen LogP contribution is -2.36. The highest BCUT2D eigenvalue weighted by atomic mass is 16.5. The molecule has 4 rings (SSSR count). The highest BCUT2D eigenvalue weighted by molar-refractivity contribution is 5.90. The Morgan fingerprint density at radius 1 is 1.12 bits per heavy atom. The summed E-state index contributed by atoms with van der Waals surface area (Å²) in [4.78, 5) is 7.23. The van der Waals surface area contributed by atoms with E-state index in [-0.39, 0.29) is 0 Å². The zero-order valence-electron chi connectivity index (χ0n) is 15.5. The Balaban J connectivity index is 1.75. The largest absolute Gasteiger partial charge is 0.378 e. The third-order valence-electron chi connectivity index (χ3n) is 4.73. The van der Waals surface area contributed by atoms with Crippen LogP contribution in [-0.2, 0) is 4.74 Å². The van der Waals surface area contributed by atoms with Crippen molar-refractivity contribution in [1.82, 2.24) is 15.2 Å². The lowest BCUT2D eigenvalue weighted by Gasteiger charge is -2.29. The molecule has 0 unspecified atom stereocenters. The molecule has 3 heterocycles. The van der Waals surface area contributed by atoms with E-state index in [0.29, 0.717) is 5.92 Å². The Labute approximate surface area is 153 Å². The molecule has 2 N–H and O–H groups in total. The zero-order chi connectivity index (χ0) is 18.1. The zero-order valence-corrected chi connectivity index (χ0v) is 15.5. The van der Waals surface area contributed by atoms with Gasteiger partial charge < -0.3 is 15.0 Å². The van der Waals surface area contributed by atoms with Gasteiger partial charge in [0.1, 0.15) is 5.82 Å². The van der Waals surface area contributed by atoms with Gasteiger partial charge >= 0.3 is 0 Å². The van der Waals surface area contributed by atoms with E-state index in [2.05, 4.69) is 58.5 Å². The number of fused-ring (bicyclic) bond motifs is 1. The number of aromatic amines is 1. The average molecular weight is 351 g/mol.